The quantitative estimate of drug-likeness (QED) is 0.271. The van der Waals surface area contributed by atoms with Gasteiger partial charge in [-0.15, -0.1) is 0 Å². The van der Waals surface area contributed by atoms with E-state index in [0.29, 0.717) is 0 Å². The van der Waals surface area contributed by atoms with Gasteiger partial charge in [-0.1, -0.05) is 88.6 Å². The SMILES string of the molecule is CCCCCCCCCCCC[N+](C)(C)C.C[N+](C)(C)Cc1ccccc1. The minimum atomic E-state index is 0.990. The summed E-state index contributed by atoms with van der Waals surface area (Å²) in [7, 11) is 13.5. The van der Waals surface area contributed by atoms with Crippen LogP contribution in [-0.2, 0) is 6.54 Å². The van der Waals surface area contributed by atoms with Gasteiger partial charge in [-0.2, -0.15) is 0 Å². The van der Waals surface area contributed by atoms with Gasteiger partial charge in [-0.25, -0.2) is 0 Å². The van der Waals surface area contributed by atoms with E-state index in [0.717, 1.165) is 15.5 Å². The normalized spacial score (nSPS) is 11.8. The first-order chi connectivity index (χ1) is 12.6. The molecular formula is C25H50N2+2. The van der Waals surface area contributed by atoms with Crippen molar-refractivity contribution in [2.75, 3.05) is 48.8 Å². The summed E-state index contributed by atoms with van der Waals surface area (Å²) in [6.07, 6.45) is 14.4. The molecule has 0 atom stereocenters. The van der Waals surface area contributed by atoms with E-state index in [1.165, 1.54) is 76.3 Å². The highest BCUT2D eigenvalue weighted by molar-refractivity contribution is 5.13. The fraction of sp³-hybridized carbons (Fsp3) is 0.760. The number of benzene rings is 1. The number of hydrogen-bond donors (Lipinski definition) is 0. The lowest BCUT2D eigenvalue weighted by Crippen LogP contribution is -2.35. The van der Waals surface area contributed by atoms with Gasteiger partial charge in [-0.3, -0.25) is 0 Å². The maximum atomic E-state index is 2.29. The van der Waals surface area contributed by atoms with Crippen LogP contribution >= 0.6 is 0 Å². The zero-order valence-electron chi connectivity index (χ0n) is 19.8. The van der Waals surface area contributed by atoms with Gasteiger partial charge in [0.1, 0.15) is 6.54 Å². The van der Waals surface area contributed by atoms with Crippen molar-refractivity contribution in [1.82, 2.24) is 0 Å². The molecule has 0 aromatic heterocycles. The Morgan fingerprint density at radius 3 is 1.41 bits per heavy atom. The topological polar surface area (TPSA) is 0 Å². The van der Waals surface area contributed by atoms with Crippen LogP contribution in [0.5, 0.6) is 0 Å². The molecule has 0 saturated heterocycles. The first kappa shape index (κ1) is 26.1. The largest absolute Gasteiger partial charge is 0.331 e. The van der Waals surface area contributed by atoms with Crippen molar-refractivity contribution in [2.45, 2.75) is 77.7 Å². The third kappa shape index (κ3) is 21.3. The first-order valence-corrected chi connectivity index (χ1v) is 11.3. The lowest BCUT2D eigenvalue weighted by atomic mass is 10.1. The summed E-state index contributed by atoms with van der Waals surface area (Å²) in [5.41, 5.74) is 1.40. The molecule has 1 aromatic carbocycles. The van der Waals surface area contributed by atoms with Crippen molar-refractivity contribution in [3.8, 4) is 0 Å². The zero-order chi connectivity index (χ0) is 20.6. The second-order valence-electron chi connectivity index (χ2n) is 10.1. The van der Waals surface area contributed by atoms with Crippen LogP contribution < -0.4 is 0 Å². The van der Waals surface area contributed by atoms with Gasteiger partial charge in [-0.05, 0) is 12.8 Å². The number of hydrogen-bond acceptors (Lipinski definition) is 0. The van der Waals surface area contributed by atoms with E-state index in [4.69, 9.17) is 0 Å². The Labute approximate surface area is 171 Å². The van der Waals surface area contributed by atoms with Gasteiger partial charge in [0.2, 0.25) is 0 Å². The van der Waals surface area contributed by atoms with Crippen LogP contribution in [0.25, 0.3) is 0 Å². The van der Waals surface area contributed by atoms with Crippen molar-refractivity contribution >= 4 is 0 Å². The third-order valence-corrected chi connectivity index (χ3v) is 4.68. The Balaban J connectivity index is 0.000000533. The summed E-state index contributed by atoms with van der Waals surface area (Å²) in [5, 5.41) is 0. The molecule has 158 valence electrons. The van der Waals surface area contributed by atoms with Gasteiger partial charge in [0, 0.05) is 5.56 Å². The van der Waals surface area contributed by atoms with E-state index in [1.807, 2.05) is 0 Å². The zero-order valence-corrected chi connectivity index (χ0v) is 19.8. The Morgan fingerprint density at radius 2 is 1.00 bits per heavy atom. The molecule has 0 heterocycles. The van der Waals surface area contributed by atoms with Crippen LogP contribution in [0, 0.1) is 0 Å². The molecule has 0 radical (unpaired) electrons. The summed E-state index contributed by atoms with van der Waals surface area (Å²) in [5.74, 6) is 0. The Hall–Kier alpha value is -0.860. The molecule has 1 rings (SSSR count). The molecule has 27 heavy (non-hydrogen) atoms. The predicted molar refractivity (Wildman–Crippen MR) is 123 cm³/mol. The van der Waals surface area contributed by atoms with Crippen molar-refractivity contribution in [3.63, 3.8) is 0 Å². The standard InChI is InChI=1S/C15H34N.C10H16N/c1-5-6-7-8-9-10-11-12-13-14-15-16(2,3)4;1-11(2,3)9-10-7-5-4-6-8-10/h5-15H2,1-4H3;4-8H,9H2,1-3H3/q2*+1. The van der Waals surface area contributed by atoms with Crippen LogP contribution in [0.1, 0.15) is 76.7 Å². The average Bonchev–Trinajstić information content (AvgIpc) is 2.56. The van der Waals surface area contributed by atoms with Gasteiger partial charge in [0.05, 0.1) is 48.8 Å². The molecule has 0 aliphatic carbocycles. The van der Waals surface area contributed by atoms with E-state index in [2.05, 4.69) is 79.5 Å². The van der Waals surface area contributed by atoms with E-state index in [9.17, 15) is 0 Å². The highest BCUT2D eigenvalue weighted by Gasteiger charge is 2.06. The summed E-state index contributed by atoms with van der Waals surface area (Å²) in [4.78, 5) is 0. The highest BCUT2D eigenvalue weighted by Crippen LogP contribution is 2.11. The number of unbranched alkanes of at least 4 members (excludes halogenated alkanes) is 9. The molecular weight excluding hydrogens is 328 g/mol. The van der Waals surface area contributed by atoms with E-state index in [-0.39, 0.29) is 0 Å². The summed E-state index contributed by atoms with van der Waals surface area (Å²) >= 11 is 0. The molecule has 0 spiro atoms. The van der Waals surface area contributed by atoms with Crippen LogP contribution in [0.2, 0.25) is 0 Å². The first-order valence-electron chi connectivity index (χ1n) is 11.3. The summed E-state index contributed by atoms with van der Waals surface area (Å²) in [6, 6.07) is 10.6. The molecule has 0 saturated carbocycles. The van der Waals surface area contributed by atoms with Gasteiger partial charge in [0.25, 0.3) is 0 Å². The highest BCUT2D eigenvalue weighted by atomic mass is 15.3. The van der Waals surface area contributed by atoms with E-state index in [1.54, 1.807) is 0 Å². The smallest absolute Gasteiger partial charge is 0.104 e. The van der Waals surface area contributed by atoms with Gasteiger partial charge in [0.15, 0.2) is 0 Å². The number of rotatable bonds is 13. The molecule has 1 aromatic rings. The molecule has 0 aliphatic heterocycles. The van der Waals surface area contributed by atoms with E-state index < -0.39 is 0 Å². The van der Waals surface area contributed by atoms with Crippen molar-refractivity contribution in [3.05, 3.63) is 35.9 Å². The fourth-order valence-corrected chi connectivity index (χ4v) is 3.20. The Bertz CT molecular complexity index is 426. The van der Waals surface area contributed by atoms with E-state index >= 15 is 0 Å². The van der Waals surface area contributed by atoms with Crippen LogP contribution in [0.15, 0.2) is 30.3 Å². The molecule has 0 aliphatic rings. The van der Waals surface area contributed by atoms with Crippen molar-refractivity contribution < 1.29 is 8.97 Å². The number of quaternary nitrogens is 2. The van der Waals surface area contributed by atoms with Crippen molar-refractivity contribution in [1.29, 1.82) is 0 Å². The third-order valence-electron chi connectivity index (χ3n) is 4.68. The van der Waals surface area contributed by atoms with Crippen LogP contribution in [-0.4, -0.2) is 57.8 Å². The molecule has 2 heteroatoms. The minimum absolute atomic E-state index is 0.990. The Kier molecular flexibility index (Phi) is 14.6. The maximum Gasteiger partial charge on any atom is 0.104 e. The second-order valence-corrected chi connectivity index (χ2v) is 10.1. The van der Waals surface area contributed by atoms with Crippen LogP contribution in [0.3, 0.4) is 0 Å². The lowest BCUT2D eigenvalue weighted by Gasteiger charge is -2.23. The molecule has 0 unspecified atom stereocenters. The summed E-state index contributed by atoms with van der Waals surface area (Å²) < 4.78 is 2.11. The minimum Gasteiger partial charge on any atom is -0.331 e. The molecule has 0 bridgehead atoms. The summed E-state index contributed by atoms with van der Waals surface area (Å²) in [6.45, 7) is 4.71. The number of nitrogens with zero attached hydrogens (tertiary/aromatic N) is 2. The molecule has 0 fully saturated rings. The maximum absolute atomic E-state index is 2.29. The predicted octanol–water partition coefficient (Wildman–Crippen LogP) is 6.51. The Morgan fingerprint density at radius 1 is 0.556 bits per heavy atom. The second kappa shape index (κ2) is 15.1. The average molecular weight is 379 g/mol. The molecule has 2 nitrogen and oxygen atoms in total. The molecule has 0 amide bonds. The fourth-order valence-electron chi connectivity index (χ4n) is 3.20. The van der Waals surface area contributed by atoms with Gasteiger partial charge < -0.3 is 8.97 Å². The monoisotopic (exact) mass is 378 g/mol. The molecule has 0 N–H and O–H groups in total. The lowest BCUT2D eigenvalue weighted by molar-refractivity contribution is -0.884. The van der Waals surface area contributed by atoms with Gasteiger partial charge >= 0.3 is 0 Å². The van der Waals surface area contributed by atoms with Crippen molar-refractivity contribution in [2.24, 2.45) is 0 Å². The van der Waals surface area contributed by atoms with Crippen LogP contribution in [0.4, 0.5) is 0 Å².